The standard InChI is InChI=1S/C18H22FN5O2/c19-16-2-1-15(12-20-16)26-14-3-5-23(6-4-14)17-11-18(22-13-21-17)24-7-9-25-10-8-24/h1-2,11-14H,3-10H2. The number of morpholine rings is 1. The van der Waals surface area contributed by atoms with Gasteiger partial charge in [-0.1, -0.05) is 0 Å². The number of hydrogen-bond donors (Lipinski definition) is 0. The highest BCUT2D eigenvalue weighted by Gasteiger charge is 2.23. The van der Waals surface area contributed by atoms with Crippen molar-refractivity contribution < 1.29 is 13.9 Å². The van der Waals surface area contributed by atoms with Gasteiger partial charge in [0.25, 0.3) is 0 Å². The summed E-state index contributed by atoms with van der Waals surface area (Å²) in [6, 6.07) is 4.99. The van der Waals surface area contributed by atoms with E-state index in [1.54, 1.807) is 12.4 Å². The second kappa shape index (κ2) is 7.82. The van der Waals surface area contributed by atoms with E-state index in [2.05, 4.69) is 30.8 Å². The monoisotopic (exact) mass is 359 g/mol. The summed E-state index contributed by atoms with van der Waals surface area (Å²) in [6.07, 6.45) is 4.94. The molecule has 8 heteroatoms. The fourth-order valence-electron chi connectivity index (χ4n) is 3.30. The van der Waals surface area contributed by atoms with E-state index < -0.39 is 5.95 Å². The normalized spacial score (nSPS) is 18.8. The molecule has 138 valence electrons. The van der Waals surface area contributed by atoms with Crippen molar-refractivity contribution >= 4 is 11.6 Å². The molecule has 2 aliphatic heterocycles. The zero-order valence-electron chi connectivity index (χ0n) is 14.6. The third-order valence-corrected chi connectivity index (χ3v) is 4.74. The van der Waals surface area contributed by atoms with Crippen LogP contribution in [0.2, 0.25) is 0 Å². The van der Waals surface area contributed by atoms with Crippen LogP contribution in [0.1, 0.15) is 12.8 Å². The minimum atomic E-state index is -0.494. The Labute approximate surface area is 151 Å². The molecular weight excluding hydrogens is 337 g/mol. The lowest BCUT2D eigenvalue weighted by molar-refractivity contribution is 0.122. The summed E-state index contributed by atoms with van der Waals surface area (Å²) in [6.45, 7) is 4.91. The fraction of sp³-hybridized carbons (Fsp3) is 0.500. The van der Waals surface area contributed by atoms with Crippen molar-refractivity contribution in [1.29, 1.82) is 0 Å². The van der Waals surface area contributed by atoms with E-state index in [0.29, 0.717) is 5.75 Å². The fourth-order valence-corrected chi connectivity index (χ4v) is 3.30. The average Bonchev–Trinajstić information content (AvgIpc) is 2.71. The quantitative estimate of drug-likeness (QED) is 0.773. The number of halogens is 1. The van der Waals surface area contributed by atoms with Crippen molar-refractivity contribution in [2.75, 3.05) is 49.2 Å². The van der Waals surface area contributed by atoms with Gasteiger partial charge in [0.2, 0.25) is 5.95 Å². The smallest absolute Gasteiger partial charge is 0.213 e. The molecule has 0 N–H and O–H groups in total. The van der Waals surface area contributed by atoms with Gasteiger partial charge in [-0.3, -0.25) is 0 Å². The van der Waals surface area contributed by atoms with Gasteiger partial charge in [0.1, 0.15) is 29.8 Å². The largest absolute Gasteiger partial charge is 0.489 e. The molecule has 0 aromatic carbocycles. The third-order valence-electron chi connectivity index (χ3n) is 4.74. The molecule has 0 amide bonds. The molecule has 4 rings (SSSR count). The lowest BCUT2D eigenvalue weighted by atomic mass is 10.1. The number of nitrogens with zero attached hydrogens (tertiary/aromatic N) is 5. The zero-order chi connectivity index (χ0) is 17.8. The molecule has 2 saturated heterocycles. The van der Waals surface area contributed by atoms with Crippen molar-refractivity contribution in [2.45, 2.75) is 18.9 Å². The molecule has 7 nitrogen and oxygen atoms in total. The molecule has 2 aromatic heterocycles. The molecule has 4 heterocycles. The van der Waals surface area contributed by atoms with Crippen LogP contribution in [0, 0.1) is 5.95 Å². The van der Waals surface area contributed by atoms with E-state index in [-0.39, 0.29) is 6.10 Å². The SMILES string of the molecule is Fc1ccc(OC2CCN(c3cc(N4CCOCC4)ncn3)CC2)cn1. The molecule has 0 radical (unpaired) electrons. The van der Waals surface area contributed by atoms with Crippen molar-refractivity contribution in [2.24, 2.45) is 0 Å². The maximum Gasteiger partial charge on any atom is 0.213 e. The second-order valence-electron chi connectivity index (χ2n) is 6.45. The highest BCUT2D eigenvalue weighted by atomic mass is 19.1. The van der Waals surface area contributed by atoms with Gasteiger partial charge in [0.15, 0.2) is 0 Å². The van der Waals surface area contributed by atoms with Crippen molar-refractivity contribution in [3.63, 3.8) is 0 Å². The molecule has 0 unspecified atom stereocenters. The lowest BCUT2D eigenvalue weighted by Crippen LogP contribution is -2.39. The molecule has 0 bridgehead atoms. The number of ether oxygens (including phenoxy) is 2. The van der Waals surface area contributed by atoms with Gasteiger partial charge in [-0.05, 0) is 12.1 Å². The molecule has 26 heavy (non-hydrogen) atoms. The van der Waals surface area contributed by atoms with Crippen LogP contribution in [0.4, 0.5) is 16.0 Å². The van der Waals surface area contributed by atoms with E-state index in [9.17, 15) is 4.39 Å². The zero-order valence-corrected chi connectivity index (χ0v) is 14.6. The minimum Gasteiger partial charge on any atom is -0.489 e. The van der Waals surface area contributed by atoms with Gasteiger partial charge in [-0.15, -0.1) is 0 Å². The molecule has 2 fully saturated rings. The van der Waals surface area contributed by atoms with Gasteiger partial charge >= 0.3 is 0 Å². The van der Waals surface area contributed by atoms with Crippen LogP contribution in [0.15, 0.2) is 30.7 Å². The van der Waals surface area contributed by atoms with E-state index in [0.717, 1.165) is 63.9 Å². The number of piperidine rings is 1. The number of hydrogen-bond acceptors (Lipinski definition) is 7. The van der Waals surface area contributed by atoms with E-state index >= 15 is 0 Å². The van der Waals surface area contributed by atoms with Crippen LogP contribution >= 0.6 is 0 Å². The summed E-state index contributed by atoms with van der Waals surface area (Å²) in [5, 5.41) is 0. The van der Waals surface area contributed by atoms with E-state index in [1.165, 1.54) is 12.3 Å². The maximum atomic E-state index is 12.9. The molecule has 0 saturated carbocycles. The third kappa shape index (κ3) is 4.01. The predicted octanol–water partition coefficient (Wildman–Crippen LogP) is 1.90. The van der Waals surface area contributed by atoms with Gasteiger partial charge in [0.05, 0.1) is 19.4 Å². The van der Waals surface area contributed by atoms with Gasteiger partial charge in [-0.2, -0.15) is 4.39 Å². The first-order valence-electron chi connectivity index (χ1n) is 8.96. The van der Waals surface area contributed by atoms with Crippen molar-refractivity contribution in [1.82, 2.24) is 15.0 Å². The summed E-state index contributed by atoms with van der Waals surface area (Å²) in [7, 11) is 0. The molecule has 2 aliphatic rings. The maximum absolute atomic E-state index is 12.9. The van der Waals surface area contributed by atoms with Crippen LogP contribution < -0.4 is 14.5 Å². The van der Waals surface area contributed by atoms with Crippen molar-refractivity contribution in [3.05, 3.63) is 36.7 Å². The summed E-state index contributed by atoms with van der Waals surface area (Å²) >= 11 is 0. The predicted molar refractivity (Wildman–Crippen MR) is 95.1 cm³/mol. The minimum absolute atomic E-state index is 0.110. The van der Waals surface area contributed by atoms with Gasteiger partial charge in [-0.25, -0.2) is 15.0 Å². The lowest BCUT2D eigenvalue weighted by Gasteiger charge is -2.33. The van der Waals surface area contributed by atoms with Crippen molar-refractivity contribution in [3.8, 4) is 5.75 Å². The summed E-state index contributed by atoms with van der Waals surface area (Å²) < 4.78 is 24.2. The summed E-state index contributed by atoms with van der Waals surface area (Å²) in [5.41, 5.74) is 0. The second-order valence-corrected chi connectivity index (χ2v) is 6.45. The molecule has 0 spiro atoms. The van der Waals surface area contributed by atoms with Crippen LogP contribution in [0.5, 0.6) is 5.75 Å². The van der Waals surface area contributed by atoms with E-state index in [1.807, 2.05) is 0 Å². The topological polar surface area (TPSA) is 63.6 Å². The van der Waals surface area contributed by atoms with Crippen LogP contribution in [0.3, 0.4) is 0 Å². The molecular formula is C18H22FN5O2. The Bertz CT molecular complexity index is 716. The Morgan fingerprint density at radius 3 is 2.31 bits per heavy atom. The molecule has 2 aromatic rings. The first kappa shape index (κ1) is 17.0. The Hall–Kier alpha value is -2.48. The van der Waals surface area contributed by atoms with Gasteiger partial charge in [0, 0.05) is 45.1 Å². The molecule has 0 aliphatic carbocycles. The van der Waals surface area contributed by atoms with Crippen LogP contribution in [-0.4, -0.2) is 60.4 Å². The Kier molecular flexibility index (Phi) is 5.10. The van der Waals surface area contributed by atoms with Gasteiger partial charge < -0.3 is 19.3 Å². The first-order chi connectivity index (χ1) is 12.8. The first-order valence-corrected chi connectivity index (χ1v) is 8.96. The Morgan fingerprint density at radius 2 is 1.65 bits per heavy atom. The highest BCUT2D eigenvalue weighted by molar-refractivity contribution is 5.50. The number of aromatic nitrogens is 3. The Morgan fingerprint density at radius 1 is 0.962 bits per heavy atom. The average molecular weight is 359 g/mol. The summed E-state index contributed by atoms with van der Waals surface area (Å²) in [5.74, 6) is 2.02. The molecule has 0 atom stereocenters. The summed E-state index contributed by atoms with van der Waals surface area (Å²) in [4.78, 5) is 17.0. The number of anilines is 2. The van der Waals surface area contributed by atoms with Crippen LogP contribution in [-0.2, 0) is 4.74 Å². The van der Waals surface area contributed by atoms with E-state index in [4.69, 9.17) is 9.47 Å². The van der Waals surface area contributed by atoms with Crippen LogP contribution in [0.25, 0.3) is 0 Å². The number of rotatable bonds is 4. The highest BCUT2D eigenvalue weighted by Crippen LogP contribution is 2.24. The Balaban J connectivity index is 1.35. The number of pyridine rings is 1.